The van der Waals surface area contributed by atoms with Crippen LogP contribution in [0.3, 0.4) is 0 Å². The van der Waals surface area contributed by atoms with Gasteiger partial charge in [0.15, 0.2) is 0 Å². The highest BCUT2D eigenvalue weighted by atomic mass is 32.2. The first-order valence-electron chi connectivity index (χ1n) is 7.63. The standard InChI is InChI=1S/C15H28N2O2S2/c1-6-13(7-2)12(5)17-21(18,19)15-8-9-20-14(15)10-16-11(3)4/h8-9,11-13,16-17H,6-7,10H2,1-5H3. The van der Waals surface area contributed by atoms with Gasteiger partial charge in [0.2, 0.25) is 10.0 Å². The molecule has 1 heterocycles. The third-order valence-electron chi connectivity index (χ3n) is 3.76. The summed E-state index contributed by atoms with van der Waals surface area (Å²) < 4.78 is 28.0. The van der Waals surface area contributed by atoms with Gasteiger partial charge in [0.25, 0.3) is 0 Å². The van der Waals surface area contributed by atoms with Crippen LogP contribution in [0.2, 0.25) is 0 Å². The highest BCUT2D eigenvalue weighted by Crippen LogP contribution is 2.23. The fraction of sp³-hybridized carbons (Fsp3) is 0.733. The van der Waals surface area contributed by atoms with Crippen LogP contribution in [0.15, 0.2) is 16.3 Å². The molecule has 0 amide bonds. The maximum atomic E-state index is 12.6. The Bertz CT molecular complexity index is 520. The Morgan fingerprint density at radius 2 is 1.81 bits per heavy atom. The molecule has 6 heteroatoms. The Balaban J connectivity index is 2.86. The minimum atomic E-state index is -3.44. The highest BCUT2D eigenvalue weighted by molar-refractivity contribution is 7.89. The lowest BCUT2D eigenvalue weighted by atomic mass is 9.96. The summed E-state index contributed by atoms with van der Waals surface area (Å²) in [6.07, 6.45) is 1.96. The first kappa shape index (κ1) is 18.6. The van der Waals surface area contributed by atoms with E-state index in [-0.39, 0.29) is 6.04 Å². The van der Waals surface area contributed by atoms with E-state index in [0.29, 0.717) is 23.4 Å². The Labute approximate surface area is 133 Å². The number of hydrogen-bond acceptors (Lipinski definition) is 4. The fourth-order valence-electron chi connectivity index (χ4n) is 2.39. The molecule has 1 aromatic heterocycles. The molecule has 1 atom stereocenters. The maximum Gasteiger partial charge on any atom is 0.241 e. The lowest BCUT2D eigenvalue weighted by Gasteiger charge is -2.22. The van der Waals surface area contributed by atoms with Gasteiger partial charge < -0.3 is 5.32 Å². The molecule has 122 valence electrons. The molecule has 0 saturated carbocycles. The van der Waals surface area contributed by atoms with Crippen molar-refractivity contribution < 1.29 is 8.42 Å². The van der Waals surface area contributed by atoms with Crippen LogP contribution < -0.4 is 10.0 Å². The van der Waals surface area contributed by atoms with Gasteiger partial charge >= 0.3 is 0 Å². The maximum absolute atomic E-state index is 12.6. The Kier molecular flexibility index (Phi) is 7.33. The summed E-state index contributed by atoms with van der Waals surface area (Å²) in [4.78, 5) is 1.28. The predicted molar refractivity (Wildman–Crippen MR) is 90.2 cm³/mol. The van der Waals surface area contributed by atoms with Crippen molar-refractivity contribution in [1.29, 1.82) is 0 Å². The third-order valence-corrected chi connectivity index (χ3v) is 6.46. The largest absolute Gasteiger partial charge is 0.310 e. The Hall–Kier alpha value is -0.430. The first-order valence-corrected chi connectivity index (χ1v) is 10.00. The van der Waals surface area contributed by atoms with Crippen molar-refractivity contribution >= 4 is 21.4 Å². The monoisotopic (exact) mass is 332 g/mol. The van der Waals surface area contributed by atoms with E-state index in [9.17, 15) is 8.42 Å². The van der Waals surface area contributed by atoms with E-state index < -0.39 is 10.0 Å². The Morgan fingerprint density at radius 3 is 2.33 bits per heavy atom. The number of thiophene rings is 1. The van der Waals surface area contributed by atoms with Gasteiger partial charge in [0, 0.05) is 23.5 Å². The molecule has 0 spiro atoms. The molecular weight excluding hydrogens is 304 g/mol. The van der Waals surface area contributed by atoms with Gasteiger partial charge in [-0.2, -0.15) is 0 Å². The minimum Gasteiger partial charge on any atom is -0.310 e. The summed E-state index contributed by atoms with van der Waals surface area (Å²) in [5.41, 5.74) is 0. The number of hydrogen-bond donors (Lipinski definition) is 2. The summed E-state index contributed by atoms with van der Waals surface area (Å²) in [5.74, 6) is 0.371. The second-order valence-electron chi connectivity index (χ2n) is 5.73. The van der Waals surface area contributed by atoms with Crippen molar-refractivity contribution in [3.05, 3.63) is 16.3 Å². The molecule has 0 fully saturated rings. The second kappa shape index (κ2) is 8.27. The van der Waals surface area contributed by atoms with E-state index in [0.717, 1.165) is 17.7 Å². The second-order valence-corrected chi connectivity index (χ2v) is 8.41. The van der Waals surface area contributed by atoms with Crippen LogP contribution >= 0.6 is 11.3 Å². The molecule has 0 aliphatic rings. The van der Waals surface area contributed by atoms with Crippen LogP contribution in [-0.4, -0.2) is 20.5 Å². The zero-order valence-corrected chi connectivity index (χ0v) is 15.3. The number of rotatable bonds is 9. The van der Waals surface area contributed by atoms with Crippen LogP contribution in [0.5, 0.6) is 0 Å². The Morgan fingerprint density at radius 1 is 1.19 bits per heavy atom. The number of sulfonamides is 1. The molecular formula is C15H28N2O2S2. The average Bonchev–Trinajstić information content (AvgIpc) is 2.86. The van der Waals surface area contributed by atoms with E-state index in [1.54, 1.807) is 6.07 Å². The quantitative estimate of drug-likeness (QED) is 0.729. The molecule has 0 saturated heterocycles. The SMILES string of the molecule is CCC(CC)C(C)NS(=O)(=O)c1ccsc1CNC(C)C. The summed E-state index contributed by atoms with van der Waals surface area (Å²) in [6, 6.07) is 1.99. The summed E-state index contributed by atoms with van der Waals surface area (Å²) >= 11 is 1.48. The van der Waals surface area contributed by atoms with Gasteiger partial charge in [-0.15, -0.1) is 11.3 Å². The predicted octanol–water partition coefficient (Wildman–Crippen LogP) is 3.35. The van der Waals surface area contributed by atoms with Crippen molar-refractivity contribution in [3.8, 4) is 0 Å². The zero-order chi connectivity index (χ0) is 16.0. The van der Waals surface area contributed by atoms with Crippen LogP contribution in [0.1, 0.15) is 52.3 Å². The lowest BCUT2D eigenvalue weighted by Crippen LogP contribution is -2.38. The van der Waals surface area contributed by atoms with Crippen molar-refractivity contribution in [1.82, 2.24) is 10.0 Å². The lowest BCUT2D eigenvalue weighted by molar-refractivity contribution is 0.390. The molecule has 0 aromatic carbocycles. The van der Waals surface area contributed by atoms with Crippen LogP contribution in [0, 0.1) is 5.92 Å². The molecule has 0 radical (unpaired) electrons. The van der Waals surface area contributed by atoms with Gasteiger partial charge in [-0.1, -0.05) is 40.5 Å². The van der Waals surface area contributed by atoms with Crippen molar-refractivity contribution in [2.75, 3.05) is 0 Å². The molecule has 0 aliphatic carbocycles. The fourth-order valence-corrected chi connectivity index (χ4v) is 5.10. The van der Waals surface area contributed by atoms with E-state index >= 15 is 0 Å². The molecule has 1 rings (SSSR count). The molecule has 2 N–H and O–H groups in total. The zero-order valence-electron chi connectivity index (χ0n) is 13.6. The van der Waals surface area contributed by atoms with Gasteiger partial charge in [0.05, 0.1) is 4.90 Å². The van der Waals surface area contributed by atoms with E-state index in [1.807, 2.05) is 12.3 Å². The first-order chi connectivity index (χ1) is 9.81. The van der Waals surface area contributed by atoms with E-state index in [1.165, 1.54) is 11.3 Å². The molecule has 4 nitrogen and oxygen atoms in total. The molecule has 0 aliphatic heterocycles. The molecule has 0 bridgehead atoms. The topological polar surface area (TPSA) is 58.2 Å². The van der Waals surface area contributed by atoms with Crippen molar-refractivity contribution in [2.24, 2.45) is 5.92 Å². The smallest absolute Gasteiger partial charge is 0.241 e. The van der Waals surface area contributed by atoms with Gasteiger partial charge in [-0.05, 0) is 24.3 Å². The van der Waals surface area contributed by atoms with E-state index in [2.05, 4.69) is 37.7 Å². The summed E-state index contributed by atoms with van der Waals surface area (Å²) in [6.45, 7) is 10.8. The van der Waals surface area contributed by atoms with E-state index in [4.69, 9.17) is 0 Å². The normalized spacial score (nSPS) is 14.0. The van der Waals surface area contributed by atoms with Gasteiger partial charge in [-0.3, -0.25) is 0 Å². The molecule has 1 aromatic rings. The van der Waals surface area contributed by atoms with Gasteiger partial charge in [0.1, 0.15) is 0 Å². The van der Waals surface area contributed by atoms with Crippen LogP contribution in [-0.2, 0) is 16.6 Å². The summed E-state index contributed by atoms with van der Waals surface area (Å²) in [7, 11) is -3.44. The summed E-state index contributed by atoms with van der Waals surface area (Å²) in [5, 5.41) is 5.12. The minimum absolute atomic E-state index is 0.0455. The van der Waals surface area contributed by atoms with Crippen molar-refractivity contribution in [3.63, 3.8) is 0 Å². The average molecular weight is 333 g/mol. The third kappa shape index (κ3) is 5.36. The highest BCUT2D eigenvalue weighted by Gasteiger charge is 2.24. The van der Waals surface area contributed by atoms with Crippen LogP contribution in [0.25, 0.3) is 0 Å². The molecule has 1 unspecified atom stereocenters. The van der Waals surface area contributed by atoms with Gasteiger partial charge in [-0.25, -0.2) is 13.1 Å². The van der Waals surface area contributed by atoms with Crippen LogP contribution in [0.4, 0.5) is 0 Å². The number of nitrogens with one attached hydrogen (secondary N) is 2. The molecule has 21 heavy (non-hydrogen) atoms. The van der Waals surface area contributed by atoms with Crippen molar-refractivity contribution in [2.45, 2.75) is 71.0 Å².